The molecule has 0 radical (unpaired) electrons. The molecule has 0 atom stereocenters. The SMILES string of the molecule is COc1c(C)cnc(CN(C)C(=O)c2ccc3c(c2)CCCC3)c1C. The van der Waals surface area contributed by atoms with Crippen LogP contribution in [0.5, 0.6) is 5.75 Å². The van der Waals surface area contributed by atoms with Gasteiger partial charge in [0.1, 0.15) is 5.75 Å². The Kier molecular flexibility index (Phi) is 5.07. The second kappa shape index (κ2) is 7.26. The smallest absolute Gasteiger partial charge is 0.253 e. The van der Waals surface area contributed by atoms with Gasteiger partial charge in [0.15, 0.2) is 0 Å². The third-order valence-corrected chi connectivity index (χ3v) is 5.08. The Bertz CT molecular complexity index is 799. The number of fused-ring (bicyclic) bond motifs is 1. The highest BCUT2D eigenvalue weighted by atomic mass is 16.5. The number of aryl methyl sites for hydroxylation is 3. The zero-order valence-corrected chi connectivity index (χ0v) is 15.6. The molecule has 0 saturated heterocycles. The number of hydrogen-bond donors (Lipinski definition) is 0. The summed E-state index contributed by atoms with van der Waals surface area (Å²) in [4.78, 5) is 19.1. The molecule has 0 spiro atoms. The van der Waals surface area contributed by atoms with Gasteiger partial charge in [0.25, 0.3) is 5.91 Å². The first-order chi connectivity index (χ1) is 12.0. The minimum absolute atomic E-state index is 0.0362. The van der Waals surface area contributed by atoms with Crippen molar-refractivity contribution in [2.45, 2.75) is 46.1 Å². The van der Waals surface area contributed by atoms with Crippen LogP contribution in [-0.4, -0.2) is 29.9 Å². The van der Waals surface area contributed by atoms with E-state index in [1.165, 1.54) is 24.0 Å². The predicted molar refractivity (Wildman–Crippen MR) is 99.1 cm³/mol. The maximum absolute atomic E-state index is 12.8. The highest BCUT2D eigenvalue weighted by Gasteiger charge is 2.18. The van der Waals surface area contributed by atoms with Crippen molar-refractivity contribution in [1.29, 1.82) is 0 Å². The number of amides is 1. The van der Waals surface area contributed by atoms with E-state index in [1.807, 2.05) is 27.0 Å². The molecule has 0 saturated carbocycles. The number of methoxy groups -OCH3 is 1. The molecule has 3 rings (SSSR count). The number of benzene rings is 1. The first kappa shape index (κ1) is 17.5. The summed E-state index contributed by atoms with van der Waals surface area (Å²) in [6, 6.07) is 6.15. The molecular weight excluding hydrogens is 312 g/mol. The van der Waals surface area contributed by atoms with E-state index < -0.39 is 0 Å². The summed E-state index contributed by atoms with van der Waals surface area (Å²) in [5.74, 6) is 0.883. The van der Waals surface area contributed by atoms with Gasteiger partial charge in [-0.1, -0.05) is 6.07 Å². The molecule has 0 unspecified atom stereocenters. The lowest BCUT2D eigenvalue weighted by atomic mass is 9.90. The first-order valence-electron chi connectivity index (χ1n) is 8.87. The number of rotatable bonds is 4. The van der Waals surface area contributed by atoms with E-state index in [9.17, 15) is 4.79 Å². The van der Waals surface area contributed by atoms with Crippen molar-refractivity contribution in [2.75, 3.05) is 14.2 Å². The molecule has 132 valence electrons. The fourth-order valence-corrected chi connectivity index (χ4v) is 3.61. The van der Waals surface area contributed by atoms with E-state index in [-0.39, 0.29) is 5.91 Å². The number of carbonyl (C=O) groups excluding carboxylic acids is 1. The standard InChI is InChI=1S/C21H26N2O2/c1-14-12-22-19(15(2)20(14)25-4)13-23(3)21(24)18-10-9-16-7-5-6-8-17(16)11-18/h9-12H,5-8,13H2,1-4H3. The molecule has 0 N–H and O–H groups in total. The monoisotopic (exact) mass is 338 g/mol. The average molecular weight is 338 g/mol. The minimum Gasteiger partial charge on any atom is -0.496 e. The van der Waals surface area contributed by atoms with Crippen molar-refractivity contribution in [2.24, 2.45) is 0 Å². The molecule has 1 aromatic heterocycles. The third kappa shape index (κ3) is 3.53. The summed E-state index contributed by atoms with van der Waals surface area (Å²) in [5.41, 5.74) is 6.36. The lowest BCUT2D eigenvalue weighted by Crippen LogP contribution is -2.27. The van der Waals surface area contributed by atoms with Crippen LogP contribution >= 0.6 is 0 Å². The van der Waals surface area contributed by atoms with Gasteiger partial charge in [-0.2, -0.15) is 0 Å². The number of hydrogen-bond acceptors (Lipinski definition) is 3. The fraction of sp³-hybridized carbons (Fsp3) is 0.429. The van der Waals surface area contributed by atoms with Crippen molar-refractivity contribution in [3.63, 3.8) is 0 Å². The van der Waals surface area contributed by atoms with Gasteiger partial charge < -0.3 is 9.64 Å². The lowest BCUT2D eigenvalue weighted by Gasteiger charge is -2.21. The molecule has 0 fully saturated rings. The summed E-state index contributed by atoms with van der Waals surface area (Å²) in [7, 11) is 3.50. The van der Waals surface area contributed by atoms with Crippen LogP contribution in [0, 0.1) is 13.8 Å². The van der Waals surface area contributed by atoms with Crippen LogP contribution < -0.4 is 4.74 Å². The minimum atomic E-state index is 0.0362. The highest BCUT2D eigenvalue weighted by Crippen LogP contribution is 2.26. The van der Waals surface area contributed by atoms with Crippen molar-refractivity contribution >= 4 is 5.91 Å². The molecule has 0 aliphatic heterocycles. The Morgan fingerprint density at radius 1 is 1.20 bits per heavy atom. The van der Waals surface area contributed by atoms with E-state index in [2.05, 4.69) is 17.1 Å². The van der Waals surface area contributed by atoms with E-state index in [0.29, 0.717) is 6.54 Å². The van der Waals surface area contributed by atoms with Crippen LogP contribution in [0.2, 0.25) is 0 Å². The second-order valence-corrected chi connectivity index (χ2v) is 6.90. The normalized spacial score (nSPS) is 13.3. The molecule has 1 aliphatic carbocycles. The van der Waals surface area contributed by atoms with Crippen molar-refractivity contribution < 1.29 is 9.53 Å². The topological polar surface area (TPSA) is 42.4 Å². The number of pyridine rings is 1. The van der Waals surface area contributed by atoms with Crippen LogP contribution in [0.4, 0.5) is 0 Å². The van der Waals surface area contributed by atoms with Gasteiger partial charge in [0, 0.05) is 29.9 Å². The van der Waals surface area contributed by atoms with E-state index in [1.54, 1.807) is 18.2 Å². The van der Waals surface area contributed by atoms with Crippen molar-refractivity contribution in [3.05, 3.63) is 57.9 Å². The van der Waals surface area contributed by atoms with E-state index in [4.69, 9.17) is 4.74 Å². The third-order valence-electron chi connectivity index (χ3n) is 5.08. The molecule has 4 heteroatoms. The van der Waals surface area contributed by atoms with Gasteiger partial charge in [-0.3, -0.25) is 9.78 Å². The van der Waals surface area contributed by atoms with Gasteiger partial charge in [0.2, 0.25) is 0 Å². The lowest BCUT2D eigenvalue weighted by molar-refractivity contribution is 0.0783. The molecular formula is C21H26N2O2. The van der Waals surface area contributed by atoms with Crippen LogP contribution in [-0.2, 0) is 19.4 Å². The Balaban J connectivity index is 1.79. The number of nitrogens with zero attached hydrogens (tertiary/aromatic N) is 2. The molecule has 25 heavy (non-hydrogen) atoms. The molecule has 1 aliphatic rings. The molecule has 0 bridgehead atoms. The Morgan fingerprint density at radius 2 is 1.92 bits per heavy atom. The molecule has 1 amide bonds. The van der Waals surface area contributed by atoms with E-state index in [0.717, 1.165) is 41.0 Å². The Morgan fingerprint density at radius 3 is 2.64 bits per heavy atom. The zero-order chi connectivity index (χ0) is 18.0. The zero-order valence-electron chi connectivity index (χ0n) is 15.6. The van der Waals surface area contributed by atoms with E-state index >= 15 is 0 Å². The van der Waals surface area contributed by atoms with Crippen LogP contribution in [0.3, 0.4) is 0 Å². The van der Waals surface area contributed by atoms with Gasteiger partial charge in [0.05, 0.1) is 19.3 Å². The maximum atomic E-state index is 12.8. The molecule has 1 aromatic carbocycles. The van der Waals surface area contributed by atoms with Crippen LogP contribution in [0.25, 0.3) is 0 Å². The first-order valence-corrected chi connectivity index (χ1v) is 8.87. The molecule has 4 nitrogen and oxygen atoms in total. The number of aromatic nitrogens is 1. The van der Waals surface area contributed by atoms with Gasteiger partial charge in [-0.15, -0.1) is 0 Å². The van der Waals surface area contributed by atoms with Crippen molar-refractivity contribution in [3.8, 4) is 5.75 Å². The summed E-state index contributed by atoms with van der Waals surface area (Å²) in [6.45, 7) is 4.44. The Hall–Kier alpha value is -2.36. The van der Waals surface area contributed by atoms with Crippen molar-refractivity contribution in [1.82, 2.24) is 9.88 Å². The summed E-state index contributed by atoms with van der Waals surface area (Å²) < 4.78 is 5.46. The number of ether oxygens (including phenoxy) is 1. The fourth-order valence-electron chi connectivity index (χ4n) is 3.61. The largest absolute Gasteiger partial charge is 0.496 e. The quantitative estimate of drug-likeness (QED) is 0.850. The average Bonchev–Trinajstić information content (AvgIpc) is 2.63. The summed E-state index contributed by atoms with van der Waals surface area (Å²) in [5, 5.41) is 0. The number of carbonyl (C=O) groups is 1. The maximum Gasteiger partial charge on any atom is 0.253 e. The second-order valence-electron chi connectivity index (χ2n) is 6.90. The van der Waals surface area contributed by atoms with Gasteiger partial charge >= 0.3 is 0 Å². The van der Waals surface area contributed by atoms with Crippen LogP contribution in [0.1, 0.15) is 51.1 Å². The molecule has 2 aromatic rings. The van der Waals surface area contributed by atoms with Gasteiger partial charge in [-0.05, 0) is 62.8 Å². The van der Waals surface area contributed by atoms with Gasteiger partial charge in [-0.25, -0.2) is 0 Å². The summed E-state index contributed by atoms with van der Waals surface area (Å²) in [6.07, 6.45) is 6.48. The summed E-state index contributed by atoms with van der Waals surface area (Å²) >= 11 is 0. The van der Waals surface area contributed by atoms with Crippen LogP contribution in [0.15, 0.2) is 24.4 Å². The highest BCUT2D eigenvalue weighted by molar-refractivity contribution is 5.94. The molecule has 1 heterocycles. The Labute approximate surface area is 149 Å². The predicted octanol–water partition coefficient (Wildman–Crippen LogP) is 3.86.